The van der Waals surface area contributed by atoms with Gasteiger partial charge in [0.2, 0.25) is 0 Å². The topological polar surface area (TPSA) is 59.0 Å². The molecule has 0 radical (unpaired) electrons. The fourth-order valence-corrected chi connectivity index (χ4v) is 1.54. The van der Waals surface area contributed by atoms with Crippen molar-refractivity contribution in [3.63, 3.8) is 0 Å². The highest BCUT2D eigenvalue weighted by atomic mass is 16.5. The first-order chi connectivity index (χ1) is 6.33. The Bertz CT molecular complexity index is 368. The van der Waals surface area contributed by atoms with E-state index in [1.54, 1.807) is 6.07 Å². The minimum absolute atomic E-state index is 0.0112. The van der Waals surface area contributed by atoms with E-state index in [4.69, 9.17) is 15.7 Å². The molecule has 1 aliphatic rings. The highest BCUT2D eigenvalue weighted by molar-refractivity contribution is 5.50. The number of benzene rings is 1. The van der Waals surface area contributed by atoms with Crippen LogP contribution >= 0.6 is 0 Å². The molecule has 66 valence electrons. The highest BCUT2D eigenvalue weighted by Gasteiger charge is 2.20. The number of hydrogen-bond donors (Lipinski definition) is 1. The summed E-state index contributed by atoms with van der Waals surface area (Å²) in [5.74, 6) is 0.670. The van der Waals surface area contributed by atoms with Gasteiger partial charge in [-0.1, -0.05) is 12.1 Å². The summed E-state index contributed by atoms with van der Waals surface area (Å²) in [5.41, 5.74) is 7.41. The lowest BCUT2D eigenvalue weighted by atomic mass is 9.99. The number of nitriles is 1. The Hall–Kier alpha value is -1.53. The normalized spacial score (nSPS) is 19.8. The molecule has 0 spiro atoms. The lowest BCUT2D eigenvalue weighted by Crippen LogP contribution is -2.21. The predicted molar refractivity (Wildman–Crippen MR) is 48.2 cm³/mol. The number of nitrogens with zero attached hydrogens (tertiary/aromatic N) is 1. The Morgan fingerprint density at radius 1 is 1.54 bits per heavy atom. The first-order valence-corrected chi connectivity index (χ1v) is 4.24. The van der Waals surface area contributed by atoms with Crippen LogP contribution in [0.5, 0.6) is 5.75 Å². The van der Waals surface area contributed by atoms with Gasteiger partial charge in [-0.3, -0.25) is 0 Å². The third kappa shape index (κ3) is 1.25. The number of fused-ring (bicyclic) bond motifs is 1. The van der Waals surface area contributed by atoms with E-state index in [2.05, 4.69) is 6.07 Å². The molecule has 1 heterocycles. The fraction of sp³-hybridized carbons (Fsp3) is 0.300. The average Bonchev–Trinajstić information content (AvgIpc) is 2.18. The van der Waals surface area contributed by atoms with Gasteiger partial charge in [0.25, 0.3) is 0 Å². The molecule has 0 saturated carbocycles. The van der Waals surface area contributed by atoms with Gasteiger partial charge in [0, 0.05) is 18.0 Å². The molecule has 3 heteroatoms. The quantitative estimate of drug-likeness (QED) is 0.645. The molecule has 1 aromatic carbocycles. The second kappa shape index (κ2) is 3.08. The smallest absolute Gasteiger partial charge is 0.141 e. The molecule has 1 aliphatic heterocycles. The van der Waals surface area contributed by atoms with Crippen molar-refractivity contribution >= 4 is 0 Å². The molecule has 0 bridgehead atoms. The molecule has 0 aliphatic carbocycles. The van der Waals surface area contributed by atoms with E-state index in [-0.39, 0.29) is 6.04 Å². The summed E-state index contributed by atoms with van der Waals surface area (Å²) >= 11 is 0. The van der Waals surface area contributed by atoms with Crippen molar-refractivity contribution in [1.29, 1.82) is 5.26 Å². The summed E-state index contributed by atoms with van der Waals surface area (Å²) in [6.07, 6.45) is 0.821. The monoisotopic (exact) mass is 174 g/mol. The van der Waals surface area contributed by atoms with Crippen molar-refractivity contribution in [2.24, 2.45) is 5.73 Å². The van der Waals surface area contributed by atoms with Crippen LogP contribution in [0, 0.1) is 11.3 Å². The minimum Gasteiger partial charge on any atom is -0.492 e. The van der Waals surface area contributed by atoms with Gasteiger partial charge in [-0.05, 0) is 6.07 Å². The summed E-state index contributed by atoms with van der Waals surface area (Å²) in [4.78, 5) is 0. The lowest BCUT2D eigenvalue weighted by Gasteiger charge is -2.23. The fourth-order valence-electron chi connectivity index (χ4n) is 1.54. The summed E-state index contributed by atoms with van der Waals surface area (Å²) in [7, 11) is 0. The SMILES string of the molecule is N#Cc1cccc2c1OCCC2N. The van der Waals surface area contributed by atoms with Gasteiger partial charge in [-0.15, -0.1) is 0 Å². The summed E-state index contributed by atoms with van der Waals surface area (Å²) in [6.45, 7) is 0.604. The molecule has 0 amide bonds. The number of ether oxygens (including phenoxy) is 1. The molecule has 3 nitrogen and oxygen atoms in total. The van der Waals surface area contributed by atoms with Crippen molar-refractivity contribution < 1.29 is 4.74 Å². The van der Waals surface area contributed by atoms with Gasteiger partial charge in [-0.2, -0.15) is 5.26 Å². The molecule has 2 rings (SSSR count). The Morgan fingerprint density at radius 2 is 2.38 bits per heavy atom. The Kier molecular flexibility index (Phi) is 1.91. The van der Waals surface area contributed by atoms with Gasteiger partial charge in [0.15, 0.2) is 0 Å². The van der Waals surface area contributed by atoms with Crippen LogP contribution in [0.15, 0.2) is 18.2 Å². The van der Waals surface area contributed by atoms with E-state index in [9.17, 15) is 0 Å². The van der Waals surface area contributed by atoms with E-state index in [1.807, 2.05) is 12.1 Å². The van der Waals surface area contributed by atoms with E-state index in [1.165, 1.54) is 0 Å². The van der Waals surface area contributed by atoms with E-state index in [0.29, 0.717) is 17.9 Å². The van der Waals surface area contributed by atoms with Crippen LogP contribution in [-0.2, 0) is 0 Å². The number of rotatable bonds is 0. The zero-order valence-corrected chi connectivity index (χ0v) is 7.16. The summed E-state index contributed by atoms with van der Waals surface area (Å²) < 4.78 is 5.41. The molecule has 0 saturated heterocycles. The second-order valence-electron chi connectivity index (χ2n) is 3.08. The first kappa shape index (κ1) is 8.09. The Morgan fingerprint density at radius 3 is 3.15 bits per heavy atom. The van der Waals surface area contributed by atoms with Crippen LogP contribution in [0.4, 0.5) is 0 Å². The predicted octanol–water partition coefficient (Wildman–Crippen LogP) is 1.34. The molecule has 0 aromatic heterocycles. The Labute approximate surface area is 76.7 Å². The number of hydrogen-bond acceptors (Lipinski definition) is 3. The van der Waals surface area contributed by atoms with Gasteiger partial charge < -0.3 is 10.5 Å². The van der Waals surface area contributed by atoms with Crippen LogP contribution in [0.2, 0.25) is 0 Å². The van der Waals surface area contributed by atoms with Crippen molar-refractivity contribution in [2.75, 3.05) is 6.61 Å². The second-order valence-corrected chi connectivity index (χ2v) is 3.08. The number of para-hydroxylation sites is 1. The molecule has 13 heavy (non-hydrogen) atoms. The number of nitrogens with two attached hydrogens (primary N) is 1. The zero-order valence-electron chi connectivity index (χ0n) is 7.16. The van der Waals surface area contributed by atoms with Crippen LogP contribution in [0.1, 0.15) is 23.6 Å². The standard InChI is InChI=1S/C10H10N2O/c11-6-7-2-1-3-8-9(12)4-5-13-10(7)8/h1-3,9H,4-5,12H2. The molecule has 1 aromatic rings. The molecular formula is C10H10N2O. The largest absolute Gasteiger partial charge is 0.492 e. The van der Waals surface area contributed by atoms with Crippen molar-refractivity contribution in [3.05, 3.63) is 29.3 Å². The zero-order chi connectivity index (χ0) is 9.26. The highest BCUT2D eigenvalue weighted by Crippen LogP contribution is 2.32. The Balaban J connectivity index is 2.56. The molecule has 0 fully saturated rings. The van der Waals surface area contributed by atoms with Crippen LogP contribution in [-0.4, -0.2) is 6.61 Å². The molecule has 2 N–H and O–H groups in total. The van der Waals surface area contributed by atoms with Crippen LogP contribution in [0.3, 0.4) is 0 Å². The summed E-state index contributed by atoms with van der Waals surface area (Å²) in [5, 5.41) is 8.81. The average molecular weight is 174 g/mol. The maximum absolute atomic E-state index is 8.81. The van der Waals surface area contributed by atoms with Gasteiger partial charge in [0.05, 0.1) is 12.2 Å². The van der Waals surface area contributed by atoms with Gasteiger partial charge in [-0.25, -0.2) is 0 Å². The third-order valence-electron chi connectivity index (χ3n) is 2.24. The molecule has 1 unspecified atom stereocenters. The lowest BCUT2D eigenvalue weighted by molar-refractivity contribution is 0.268. The van der Waals surface area contributed by atoms with Crippen LogP contribution in [0.25, 0.3) is 0 Å². The van der Waals surface area contributed by atoms with Crippen LogP contribution < -0.4 is 10.5 Å². The van der Waals surface area contributed by atoms with Gasteiger partial charge in [0.1, 0.15) is 11.8 Å². The van der Waals surface area contributed by atoms with Crippen molar-refractivity contribution in [3.8, 4) is 11.8 Å². The first-order valence-electron chi connectivity index (χ1n) is 4.24. The van der Waals surface area contributed by atoms with Crippen molar-refractivity contribution in [2.45, 2.75) is 12.5 Å². The van der Waals surface area contributed by atoms with Gasteiger partial charge >= 0.3 is 0 Å². The van der Waals surface area contributed by atoms with E-state index in [0.717, 1.165) is 12.0 Å². The minimum atomic E-state index is 0.0112. The van der Waals surface area contributed by atoms with E-state index >= 15 is 0 Å². The maximum atomic E-state index is 8.81. The maximum Gasteiger partial charge on any atom is 0.141 e. The molecule has 1 atom stereocenters. The molecular weight excluding hydrogens is 164 g/mol. The van der Waals surface area contributed by atoms with Crippen molar-refractivity contribution in [1.82, 2.24) is 0 Å². The third-order valence-corrected chi connectivity index (χ3v) is 2.24. The summed E-state index contributed by atoms with van der Waals surface area (Å²) in [6, 6.07) is 7.61. The van der Waals surface area contributed by atoms with E-state index < -0.39 is 0 Å².